The van der Waals surface area contributed by atoms with Crippen LogP contribution in [0.2, 0.25) is 0 Å². The third kappa shape index (κ3) is 15.0. The summed E-state index contributed by atoms with van der Waals surface area (Å²) < 4.78 is 0. The Bertz CT molecular complexity index is 247. The van der Waals surface area contributed by atoms with Gasteiger partial charge in [0, 0.05) is 6.42 Å². The Morgan fingerprint density at radius 3 is 2.35 bits per heavy atom. The van der Waals surface area contributed by atoms with Crippen LogP contribution in [0.5, 0.6) is 0 Å². The third-order valence-electron chi connectivity index (χ3n) is 2.64. The van der Waals surface area contributed by atoms with Gasteiger partial charge in [0.05, 0.1) is 0 Å². The molecule has 0 fully saturated rings. The molecule has 0 heteroatoms. The van der Waals surface area contributed by atoms with E-state index in [-0.39, 0.29) is 0 Å². The van der Waals surface area contributed by atoms with E-state index in [1.165, 1.54) is 44.9 Å². The van der Waals surface area contributed by atoms with E-state index in [0.717, 1.165) is 12.8 Å². The Labute approximate surface area is 108 Å². The first-order chi connectivity index (χ1) is 8.41. The molecule has 0 atom stereocenters. The maximum Gasteiger partial charge on any atom is 0.00922 e. The molecule has 0 N–H and O–H groups in total. The lowest BCUT2D eigenvalue weighted by Crippen LogP contribution is -1.77. The summed E-state index contributed by atoms with van der Waals surface area (Å²) in [5.74, 6) is 6.28. The molecule has 0 spiro atoms. The molecule has 0 aromatic carbocycles. The van der Waals surface area contributed by atoms with Gasteiger partial charge in [0.1, 0.15) is 0 Å². The van der Waals surface area contributed by atoms with Gasteiger partial charge in [-0.2, -0.15) is 0 Å². The van der Waals surface area contributed by atoms with Crippen molar-refractivity contribution in [1.82, 2.24) is 0 Å². The fourth-order valence-electron chi connectivity index (χ4n) is 1.57. The molecule has 0 aliphatic rings. The minimum Gasteiger partial charge on any atom is -0.0985 e. The minimum atomic E-state index is 1.05. The first-order valence-electron chi connectivity index (χ1n) is 7.21. The lowest BCUT2D eigenvalue weighted by molar-refractivity contribution is 0.614. The van der Waals surface area contributed by atoms with Crippen molar-refractivity contribution in [1.29, 1.82) is 0 Å². The number of unbranched alkanes of at least 4 members (excludes halogenated alkanes) is 7. The number of hydrogen-bond acceptors (Lipinski definition) is 0. The van der Waals surface area contributed by atoms with Crippen molar-refractivity contribution in [2.75, 3.05) is 0 Å². The summed E-state index contributed by atoms with van der Waals surface area (Å²) in [4.78, 5) is 0. The van der Waals surface area contributed by atoms with Crippen LogP contribution >= 0.6 is 0 Å². The maximum atomic E-state index is 3.20. The second-order valence-electron chi connectivity index (χ2n) is 4.41. The van der Waals surface area contributed by atoms with E-state index in [4.69, 9.17) is 0 Å². The Morgan fingerprint density at radius 2 is 1.59 bits per heavy atom. The van der Waals surface area contributed by atoms with E-state index in [1.54, 1.807) is 0 Å². The molecule has 0 aliphatic heterocycles. The first kappa shape index (κ1) is 16.0. The molecular formula is C17H28. The van der Waals surface area contributed by atoms with Crippen molar-refractivity contribution >= 4 is 0 Å². The highest BCUT2D eigenvalue weighted by Gasteiger charge is 1.87. The number of hydrogen-bond donors (Lipinski definition) is 0. The van der Waals surface area contributed by atoms with Crippen LogP contribution < -0.4 is 0 Å². The molecule has 0 rings (SSSR count). The Balaban J connectivity index is 3.30. The van der Waals surface area contributed by atoms with Gasteiger partial charge in [-0.25, -0.2) is 0 Å². The average Bonchev–Trinajstić information content (AvgIpc) is 2.35. The fraction of sp³-hybridized carbons (Fsp3) is 0.647. The summed E-state index contributed by atoms with van der Waals surface area (Å²) in [7, 11) is 0. The van der Waals surface area contributed by atoms with E-state index < -0.39 is 0 Å². The zero-order valence-electron chi connectivity index (χ0n) is 11.7. The van der Waals surface area contributed by atoms with Crippen LogP contribution in [-0.2, 0) is 0 Å². The zero-order valence-corrected chi connectivity index (χ0v) is 11.7. The first-order valence-corrected chi connectivity index (χ1v) is 7.21. The maximum absolute atomic E-state index is 3.20. The Morgan fingerprint density at radius 1 is 0.824 bits per heavy atom. The molecule has 0 nitrogen and oxygen atoms in total. The van der Waals surface area contributed by atoms with Crippen LogP contribution in [0.1, 0.15) is 71.6 Å². The zero-order chi connectivity index (χ0) is 12.6. The van der Waals surface area contributed by atoms with Gasteiger partial charge in [-0.3, -0.25) is 0 Å². The van der Waals surface area contributed by atoms with Crippen LogP contribution in [0.25, 0.3) is 0 Å². The lowest BCUT2D eigenvalue weighted by atomic mass is 10.1. The van der Waals surface area contributed by atoms with Gasteiger partial charge < -0.3 is 0 Å². The van der Waals surface area contributed by atoms with E-state index in [1.807, 2.05) is 12.2 Å². The topological polar surface area (TPSA) is 0 Å². The van der Waals surface area contributed by atoms with Crippen LogP contribution in [0, 0.1) is 11.8 Å². The normalized spacial score (nSPS) is 10.9. The number of rotatable bonds is 9. The van der Waals surface area contributed by atoms with Crippen molar-refractivity contribution in [3.63, 3.8) is 0 Å². The average molecular weight is 232 g/mol. The summed E-state index contributed by atoms with van der Waals surface area (Å²) >= 11 is 0. The summed E-state index contributed by atoms with van der Waals surface area (Å²) in [5.41, 5.74) is 0. The number of allylic oxidation sites excluding steroid dienone is 4. The standard InChI is InChI=1S/C17H28/c1-3-5-7-9-11-13-15-17-16-14-12-10-8-6-4-2/h7,9,11,13H,3-6,8,10,12,14,16H2,1-2H3. The molecule has 0 unspecified atom stereocenters. The van der Waals surface area contributed by atoms with Crippen molar-refractivity contribution in [2.45, 2.75) is 71.6 Å². The van der Waals surface area contributed by atoms with E-state index >= 15 is 0 Å². The van der Waals surface area contributed by atoms with Crippen LogP contribution in [-0.4, -0.2) is 0 Å². The van der Waals surface area contributed by atoms with Crippen molar-refractivity contribution in [3.05, 3.63) is 24.3 Å². The molecule has 0 saturated heterocycles. The van der Waals surface area contributed by atoms with E-state index in [9.17, 15) is 0 Å². The van der Waals surface area contributed by atoms with Gasteiger partial charge in [-0.05, 0) is 18.9 Å². The van der Waals surface area contributed by atoms with Crippen molar-refractivity contribution in [3.8, 4) is 11.8 Å². The summed E-state index contributed by atoms with van der Waals surface area (Å²) in [6, 6.07) is 0. The third-order valence-corrected chi connectivity index (χ3v) is 2.64. The largest absolute Gasteiger partial charge is 0.0985 e. The minimum absolute atomic E-state index is 1.05. The van der Waals surface area contributed by atoms with Crippen molar-refractivity contribution in [2.24, 2.45) is 0 Å². The van der Waals surface area contributed by atoms with Gasteiger partial charge in [-0.15, -0.1) is 0 Å². The van der Waals surface area contributed by atoms with Crippen LogP contribution in [0.15, 0.2) is 24.3 Å². The monoisotopic (exact) mass is 232 g/mol. The predicted molar refractivity (Wildman–Crippen MR) is 79.0 cm³/mol. The van der Waals surface area contributed by atoms with Gasteiger partial charge >= 0.3 is 0 Å². The second kappa shape index (κ2) is 15.0. The fourth-order valence-corrected chi connectivity index (χ4v) is 1.57. The van der Waals surface area contributed by atoms with Gasteiger partial charge in [0.15, 0.2) is 0 Å². The molecule has 0 heterocycles. The SMILES string of the molecule is CCCC=CC=CC#CCCCCCCCC. The highest BCUT2D eigenvalue weighted by Crippen LogP contribution is 2.05. The highest BCUT2D eigenvalue weighted by atomic mass is 13.9. The predicted octanol–water partition coefficient (Wildman–Crippen LogP) is 5.65. The molecule has 0 aromatic rings. The summed E-state index contributed by atoms with van der Waals surface area (Å²) in [6.07, 6.45) is 19.8. The smallest absolute Gasteiger partial charge is 0.00922 e. The molecule has 0 radical (unpaired) electrons. The lowest BCUT2D eigenvalue weighted by Gasteiger charge is -1.96. The van der Waals surface area contributed by atoms with E-state index in [2.05, 4.69) is 37.8 Å². The molecule has 0 amide bonds. The summed E-state index contributed by atoms with van der Waals surface area (Å²) in [5, 5.41) is 0. The van der Waals surface area contributed by atoms with Gasteiger partial charge in [0.2, 0.25) is 0 Å². The van der Waals surface area contributed by atoms with Crippen LogP contribution in [0.4, 0.5) is 0 Å². The Hall–Kier alpha value is -0.960. The molecule has 96 valence electrons. The summed E-state index contributed by atoms with van der Waals surface area (Å²) in [6.45, 7) is 4.45. The molecule has 17 heavy (non-hydrogen) atoms. The second-order valence-corrected chi connectivity index (χ2v) is 4.41. The van der Waals surface area contributed by atoms with E-state index in [0.29, 0.717) is 0 Å². The molecule has 0 aliphatic carbocycles. The Kier molecular flexibility index (Phi) is 14.2. The quantitative estimate of drug-likeness (QED) is 0.273. The van der Waals surface area contributed by atoms with Gasteiger partial charge in [0.25, 0.3) is 0 Å². The highest BCUT2D eigenvalue weighted by molar-refractivity contribution is 5.19. The van der Waals surface area contributed by atoms with Crippen molar-refractivity contribution < 1.29 is 0 Å². The molecule has 0 bridgehead atoms. The molecule has 0 aromatic heterocycles. The van der Waals surface area contributed by atoms with Gasteiger partial charge in [-0.1, -0.05) is 82.4 Å². The molecular weight excluding hydrogens is 204 g/mol. The van der Waals surface area contributed by atoms with Crippen LogP contribution in [0.3, 0.4) is 0 Å². The molecule has 0 saturated carbocycles.